The molecule has 3 aliphatic rings. The Morgan fingerprint density at radius 2 is 2.05 bits per heavy atom. The van der Waals surface area contributed by atoms with Gasteiger partial charge in [0.2, 0.25) is 5.88 Å². The highest BCUT2D eigenvalue weighted by atomic mass is 35.5. The molecule has 13 heteroatoms. The first kappa shape index (κ1) is 27.2. The molecule has 6 rings (SSSR count). The van der Waals surface area contributed by atoms with Gasteiger partial charge in [0.15, 0.2) is 0 Å². The molecule has 3 aromatic rings. The lowest BCUT2D eigenvalue weighted by Gasteiger charge is -2.42. The van der Waals surface area contributed by atoms with Gasteiger partial charge < -0.3 is 14.6 Å². The van der Waals surface area contributed by atoms with Crippen molar-refractivity contribution < 1.29 is 27.8 Å². The van der Waals surface area contributed by atoms with Gasteiger partial charge >= 0.3 is 11.0 Å². The predicted octanol–water partition coefficient (Wildman–Crippen LogP) is 2.80. The van der Waals surface area contributed by atoms with Crippen molar-refractivity contribution in [1.82, 2.24) is 9.47 Å². The van der Waals surface area contributed by atoms with Gasteiger partial charge in [0.1, 0.15) is 0 Å². The SMILES string of the molecule is O=c1sc(C(Cc2ccc(Cl)cc2C(F)(F)F)=c2ccc3c(c2)C=NN=3)c(O)n1C[C@H]1CN2CCOC[C@H]2CO1. The van der Waals surface area contributed by atoms with E-state index in [0.29, 0.717) is 48.1 Å². The van der Waals surface area contributed by atoms with Crippen molar-refractivity contribution in [3.8, 4) is 5.88 Å². The number of halogens is 4. The molecule has 8 nitrogen and oxygen atoms in total. The van der Waals surface area contributed by atoms with Gasteiger partial charge in [-0.1, -0.05) is 35.1 Å². The molecule has 2 saturated heterocycles. The number of hydrogen-bond donors (Lipinski definition) is 1. The fourth-order valence-corrected chi connectivity index (χ4v) is 6.41. The van der Waals surface area contributed by atoms with E-state index in [0.717, 1.165) is 23.9 Å². The minimum absolute atomic E-state index is 0.0356. The zero-order valence-electron chi connectivity index (χ0n) is 21.0. The van der Waals surface area contributed by atoms with Crippen LogP contribution in [0.1, 0.15) is 21.6 Å². The van der Waals surface area contributed by atoms with Gasteiger partial charge in [-0.3, -0.25) is 14.3 Å². The number of fused-ring (bicyclic) bond motifs is 2. The zero-order chi connectivity index (χ0) is 28.0. The molecule has 0 spiro atoms. The van der Waals surface area contributed by atoms with Crippen LogP contribution in [-0.2, 0) is 28.6 Å². The average molecular weight is 593 g/mol. The van der Waals surface area contributed by atoms with E-state index in [9.17, 15) is 23.1 Å². The van der Waals surface area contributed by atoms with E-state index in [-0.39, 0.29) is 46.5 Å². The maximum atomic E-state index is 14.0. The van der Waals surface area contributed by atoms with E-state index in [1.54, 1.807) is 24.4 Å². The lowest BCUT2D eigenvalue weighted by atomic mass is 9.96. The van der Waals surface area contributed by atoms with Crippen molar-refractivity contribution >= 4 is 34.7 Å². The van der Waals surface area contributed by atoms with Crippen molar-refractivity contribution in [2.24, 2.45) is 10.2 Å². The Hall–Kier alpha value is -3.03. The molecule has 3 aliphatic heterocycles. The number of aromatic nitrogens is 1. The maximum Gasteiger partial charge on any atom is 0.416 e. The molecule has 0 amide bonds. The molecule has 40 heavy (non-hydrogen) atoms. The predicted molar refractivity (Wildman–Crippen MR) is 144 cm³/mol. The molecule has 210 valence electrons. The minimum Gasteiger partial charge on any atom is -0.493 e. The molecule has 1 aromatic heterocycles. The number of alkyl halides is 3. The van der Waals surface area contributed by atoms with Gasteiger partial charge in [-0.05, 0) is 40.6 Å². The third kappa shape index (κ3) is 5.34. The van der Waals surface area contributed by atoms with Crippen molar-refractivity contribution in [3.63, 3.8) is 0 Å². The van der Waals surface area contributed by atoms with Crippen LogP contribution in [0.3, 0.4) is 0 Å². The fraction of sp³-hybridized carbons (Fsp3) is 0.370. The van der Waals surface area contributed by atoms with Crippen molar-refractivity contribution in [2.75, 3.05) is 32.9 Å². The van der Waals surface area contributed by atoms with Gasteiger partial charge in [0.05, 0.1) is 60.5 Å². The highest BCUT2D eigenvalue weighted by Gasteiger charge is 2.35. The molecule has 4 heterocycles. The Morgan fingerprint density at radius 1 is 1.20 bits per heavy atom. The topological polar surface area (TPSA) is 88.6 Å². The number of thiazole rings is 1. The Kier molecular flexibility index (Phi) is 7.30. The number of ether oxygens (including phenoxy) is 2. The van der Waals surface area contributed by atoms with E-state index in [1.165, 1.54) is 16.7 Å². The smallest absolute Gasteiger partial charge is 0.416 e. The first-order chi connectivity index (χ1) is 19.2. The van der Waals surface area contributed by atoms with Crippen LogP contribution in [0.5, 0.6) is 5.88 Å². The Bertz CT molecular complexity index is 1670. The summed E-state index contributed by atoms with van der Waals surface area (Å²) in [6.07, 6.45) is -3.64. The molecular weight excluding hydrogens is 569 g/mol. The molecule has 0 aliphatic carbocycles. The summed E-state index contributed by atoms with van der Waals surface area (Å²) in [4.78, 5) is 15.2. The third-order valence-electron chi connectivity index (χ3n) is 7.32. The first-order valence-corrected chi connectivity index (χ1v) is 13.8. The Labute approximate surface area is 235 Å². The lowest BCUT2D eigenvalue weighted by Crippen LogP contribution is -2.56. The molecule has 1 N–H and O–H groups in total. The van der Waals surface area contributed by atoms with E-state index >= 15 is 0 Å². The highest BCUT2D eigenvalue weighted by Crippen LogP contribution is 2.37. The summed E-state index contributed by atoms with van der Waals surface area (Å²) in [7, 11) is 0. The van der Waals surface area contributed by atoms with Crippen LogP contribution < -0.4 is 15.4 Å². The lowest BCUT2D eigenvalue weighted by molar-refractivity contribution is -0.138. The van der Waals surface area contributed by atoms with Gasteiger partial charge in [-0.2, -0.15) is 23.4 Å². The van der Waals surface area contributed by atoms with E-state index < -0.39 is 16.6 Å². The summed E-state index contributed by atoms with van der Waals surface area (Å²) in [5, 5.41) is 20.4. The largest absolute Gasteiger partial charge is 0.493 e. The number of rotatable bonds is 5. The fourth-order valence-electron chi connectivity index (χ4n) is 5.27. The summed E-state index contributed by atoms with van der Waals surface area (Å²) in [6.45, 7) is 3.11. The van der Waals surface area contributed by atoms with Gasteiger partial charge in [0.25, 0.3) is 0 Å². The highest BCUT2D eigenvalue weighted by molar-refractivity contribution is 7.10. The third-order valence-corrected chi connectivity index (χ3v) is 8.59. The van der Waals surface area contributed by atoms with Crippen molar-refractivity contribution in [1.29, 1.82) is 0 Å². The second kappa shape index (κ2) is 10.7. The van der Waals surface area contributed by atoms with E-state index in [2.05, 4.69) is 15.1 Å². The zero-order valence-corrected chi connectivity index (χ0v) is 22.6. The van der Waals surface area contributed by atoms with Gasteiger partial charge in [0, 0.05) is 30.1 Å². The second-order valence-electron chi connectivity index (χ2n) is 9.88. The summed E-state index contributed by atoms with van der Waals surface area (Å²) in [5.74, 6) is -0.306. The number of morpholine rings is 2. The molecule has 0 saturated carbocycles. The van der Waals surface area contributed by atoms with E-state index in [1.807, 2.05) is 0 Å². The average Bonchev–Trinajstić information content (AvgIpc) is 3.51. The number of hydrogen-bond acceptors (Lipinski definition) is 8. The quantitative estimate of drug-likeness (QED) is 0.492. The van der Waals surface area contributed by atoms with Gasteiger partial charge in [-0.25, -0.2) is 0 Å². The van der Waals surface area contributed by atoms with Crippen LogP contribution in [-0.4, -0.2) is 65.8 Å². The van der Waals surface area contributed by atoms with Crippen LogP contribution in [0.4, 0.5) is 13.2 Å². The molecular formula is C27H24ClF3N4O4S. The number of nitrogens with zero attached hydrogens (tertiary/aromatic N) is 4. The van der Waals surface area contributed by atoms with Gasteiger partial charge in [-0.15, -0.1) is 0 Å². The molecule has 2 atom stereocenters. The summed E-state index contributed by atoms with van der Waals surface area (Å²) in [6, 6.07) is 8.90. The van der Waals surface area contributed by atoms with Crippen LogP contribution in [0.15, 0.2) is 51.4 Å². The molecule has 0 radical (unpaired) electrons. The molecule has 2 aromatic carbocycles. The molecule has 0 unspecified atom stereocenters. The monoisotopic (exact) mass is 592 g/mol. The summed E-state index contributed by atoms with van der Waals surface area (Å²) >= 11 is 6.70. The van der Waals surface area contributed by atoms with Crippen molar-refractivity contribution in [3.05, 3.63) is 83.2 Å². The minimum atomic E-state index is -4.65. The van der Waals surface area contributed by atoms with Crippen LogP contribution in [0.2, 0.25) is 5.02 Å². The molecule has 0 bridgehead atoms. The standard InChI is InChI=1S/C27H24ClF3N4O4S/c28-18-3-1-16(22(9-18)27(29,30)31)8-21(15-2-4-23-17(7-15)10-32-33-23)24-25(36)35(26(37)40-24)12-20-11-34-5-6-38-13-19(34)14-39-20/h1-4,7,9-10,19-20,36H,5-6,8,11-14H2/t19-,20+/m0/s1. The Balaban J connectivity index is 1.41. The van der Waals surface area contributed by atoms with Crippen LogP contribution in [0, 0.1) is 0 Å². The van der Waals surface area contributed by atoms with Crippen LogP contribution >= 0.6 is 22.9 Å². The van der Waals surface area contributed by atoms with Crippen LogP contribution in [0.25, 0.3) is 5.57 Å². The summed E-state index contributed by atoms with van der Waals surface area (Å²) in [5.41, 5.74) is 0.139. The van der Waals surface area contributed by atoms with E-state index in [4.69, 9.17) is 21.1 Å². The number of aromatic hydroxyl groups is 1. The molecule has 2 fully saturated rings. The van der Waals surface area contributed by atoms with Crippen molar-refractivity contribution in [2.45, 2.75) is 31.3 Å². The summed E-state index contributed by atoms with van der Waals surface area (Å²) < 4.78 is 54.6. The normalized spacial score (nSPS) is 21.6. The second-order valence-corrected chi connectivity index (χ2v) is 11.3. The maximum absolute atomic E-state index is 14.0. The Morgan fingerprint density at radius 3 is 2.88 bits per heavy atom. The first-order valence-electron chi connectivity index (χ1n) is 12.6. The number of benzene rings is 2.